The van der Waals surface area contributed by atoms with Crippen LogP contribution in [0.2, 0.25) is 0 Å². The molecule has 0 radical (unpaired) electrons. The zero-order chi connectivity index (χ0) is 17.6. The first-order valence-corrected chi connectivity index (χ1v) is 8.82. The molecule has 1 heterocycles. The molecular formula is C24H23N. The molecule has 0 unspecified atom stereocenters. The zero-order valence-electron chi connectivity index (χ0n) is 15.3. The van der Waals surface area contributed by atoms with Crippen molar-refractivity contribution < 1.29 is 0 Å². The summed E-state index contributed by atoms with van der Waals surface area (Å²) < 4.78 is 0. The Morgan fingerprint density at radius 3 is 2.32 bits per heavy atom. The molecule has 4 aromatic rings. The maximum absolute atomic E-state index is 4.70. The molecule has 0 aliphatic heterocycles. The van der Waals surface area contributed by atoms with Gasteiger partial charge in [-0.1, -0.05) is 68.8 Å². The smallest absolute Gasteiger partial charge is 0.0780 e. The van der Waals surface area contributed by atoms with Crippen LogP contribution >= 0.6 is 0 Å². The average molecular weight is 325 g/mol. The Balaban J connectivity index is 2.04. The molecule has 0 N–H and O–H groups in total. The van der Waals surface area contributed by atoms with E-state index in [0.29, 0.717) is 0 Å². The number of fused-ring (bicyclic) bond motifs is 3. The van der Waals surface area contributed by atoms with Gasteiger partial charge in [-0.2, -0.15) is 0 Å². The minimum atomic E-state index is 0.142. The second-order valence-electron chi connectivity index (χ2n) is 7.88. The molecule has 4 rings (SSSR count). The van der Waals surface area contributed by atoms with Crippen molar-refractivity contribution in [1.82, 2.24) is 4.98 Å². The van der Waals surface area contributed by atoms with Crippen molar-refractivity contribution in [3.8, 4) is 11.3 Å². The Hall–Kier alpha value is -2.67. The fourth-order valence-corrected chi connectivity index (χ4v) is 3.47. The molecule has 0 aliphatic carbocycles. The predicted octanol–water partition coefficient (Wildman–Crippen LogP) is 6.66. The molecular weight excluding hydrogens is 302 g/mol. The number of aryl methyl sites for hydroxylation is 1. The Morgan fingerprint density at radius 1 is 0.760 bits per heavy atom. The molecule has 0 spiro atoms. The topological polar surface area (TPSA) is 12.9 Å². The largest absolute Gasteiger partial charge is 0.256 e. The van der Waals surface area contributed by atoms with Crippen LogP contribution in [0.15, 0.2) is 66.9 Å². The van der Waals surface area contributed by atoms with E-state index in [1.165, 1.54) is 38.2 Å². The second kappa shape index (κ2) is 5.70. The number of pyridine rings is 1. The molecule has 1 heteroatoms. The quantitative estimate of drug-likeness (QED) is 0.356. The monoisotopic (exact) mass is 325 g/mol. The molecule has 3 aromatic carbocycles. The first kappa shape index (κ1) is 15.8. The highest BCUT2D eigenvalue weighted by molar-refractivity contribution is 6.11. The number of rotatable bonds is 1. The summed E-state index contributed by atoms with van der Waals surface area (Å²) >= 11 is 0. The molecule has 0 aliphatic rings. The number of benzene rings is 3. The van der Waals surface area contributed by atoms with Crippen LogP contribution in [0.4, 0.5) is 0 Å². The first-order chi connectivity index (χ1) is 11.9. The van der Waals surface area contributed by atoms with E-state index in [9.17, 15) is 0 Å². The van der Waals surface area contributed by atoms with Crippen LogP contribution < -0.4 is 0 Å². The molecule has 0 bridgehead atoms. The van der Waals surface area contributed by atoms with E-state index < -0.39 is 0 Å². The SMILES string of the molecule is Cc1cccc(-c2nccc3c2ccc2ccc(C(C)(C)C)cc23)c1. The van der Waals surface area contributed by atoms with E-state index in [-0.39, 0.29) is 5.41 Å². The van der Waals surface area contributed by atoms with E-state index in [2.05, 4.69) is 88.4 Å². The van der Waals surface area contributed by atoms with Crippen molar-refractivity contribution in [2.45, 2.75) is 33.1 Å². The molecule has 0 saturated carbocycles. The lowest BCUT2D eigenvalue weighted by Crippen LogP contribution is -2.10. The molecule has 0 saturated heterocycles. The summed E-state index contributed by atoms with van der Waals surface area (Å²) in [5.41, 5.74) is 5.00. The maximum Gasteiger partial charge on any atom is 0.0780 e. The van der Waals surface area contributed by atoms with Crippen molar-refractivity contribution in [3.63, 3.8) is 0 Å². The number of nitrogens with zero attached hydrogens (tertiary/aromatic N) is 1. The summed E-state index contributed by atoms with van der Waals surface area (Å²) in [6, 6.07) is 22.0. The Bertz CT molecular complexity index is 1080. The number of aromatic nitrogens is 1. The summed E-state index contributed by atoms with van der Waals surface area (Å²) in [6.45, 7) is 8.91. The Morgan fingerprint density at radius 2 is 1.56 bits per heavy atom. The van der Waals surface area contributed by atoms with Crippen LogP contribution in [-0.4, -0.2) is 4.98 Å². The molecule has 0 fully saturated rings. The second-order valence-corrected chi connectivity index (χ2v) is 7.88. The normalized spacial score (nSPS) is 12.0. The summed E-state index contributed by atoms with van der Waals surface area (Å²) in [5.74, 6) is 0. The molecule has 0 amide bonds. The lowest BCUT2D eigenvalue weighted by molar-refractivity contribution is 0.591. The van der Waals surface area contributed by atoms with Crippen LogP contribution in [0.25, 0.3) is 32.8 Å². The van der Waals surface area contributed by atoms with Crippen LogP contribution in [0.5, 0.6) is 0 Å². The standard InChI is InChI=1S/C24H23N/c1-16-6-5-7-18(14-16)23-21-11-9-17-8-10-19(24(2,3)4)15-22(17)20(21)12-13-25-23/h5-15H,1-4H3. The molecule has 124 valence electrons. The third kappa shape index (κ3) is 2.80. The van der Waals surface area contributed by atoms with Gasteiger partial charge in [0.2, 0.25) is 0 Å². The van der Waals surface area contributed by atoms with Gasteiger partial charge in [0.1, 0.15) is 0 Å². The average Bonchev–Trinajstić information content (AvgIpc) is 2.59. The van der Waals surface area contributed by atoms with Gasteiger partial charge in [-0.05, 0) is 52.3 Å². The fourth-order valence-electron chi connectivity index (χ4n) is 3.47. The van der Waals surface area contributed by atoms with Crippen LogP contribution in [0.1, 0.15) is 31.9 Å². The molecule has 1 aromatic heterocycles. The van der Waals surface area contributed by atoms with Gasteiger partial charge >= 0.3 is 0 Å². The molecule has 25 heavy (non-hydrogen) atoms. The summed E-state index contributed by atoms with van der Waals surface area (Å²) in [7, 11) is 0. The summed E-state index contributed by atoms with van der Waals surface area (Å²) in [4.78, 5) is 4.70. The van der Waals surface area contributed by atoms with Gasteiger partial charge in [-0.15, -0.1) is 0 Å². The Labute approximate surface area is 149 Å². The third-order valence-electron chi connectivity index (χ3n) is 4.92. The van der Waals surface area contributed by atoms with E-state index >= 15 is 0 Å². The number of hydrogen-bond donors (Lipinski definition) is 0. The Kier molecular flexibility index (Phi) is 3.61. The lowest BCUT2D eigenvalue weighted by atomic mass is 9.85. The van der Waals surface area contributed by atoms with E-state index in [1.54, 1.807) is 0 Å². The number of hydrogen-bond acceptors (Lipinski definition) is 1. The van der Waals surface area contributed by atoms with Gasteiger partial charge < -0.3 is 0 Å². The highest BCUT2D eigenvalue weighted by Gasteiger charge is 2.15. The lowest BCUT2D eigenvalue weighted by Gasteiger charge is -2.20. The fraction of sp³-hybridized carbons (Fsp3) is 0.208. The highest BCUT2D eigenvalue weighted by atomic mass is 14.7. The van der Waals surface area contributed by atoms with Gasteiger partial charge in [0.15, 0.2) is 0 Å². The van der Waals surface area contributed by atoms with Gasteiger partial charge in [0.25, 0.3) is 0 Å². The van der Waals surface area contributed by atoms with Crippen LogP contribution in [0, 0.1) is 6.92 Å². The first-order valence-electron chi connectivity index (χ1n) is 8.82. The summed E-state index contributed by atoms with van der Waals surface area (Å²) in [6.07, 6.45) is 1.93. The van der Waals surface area contributed by atoms with Crippen LogP contribution in [-0.2, 0) is 5.41 Å². The van der Waals surface area contributed by atoms with Crippen molar-refractivity contribution in [1.29, 1.82) is 0 Å². The van der Waals surface area contributed by atoms with E-state index in [0.717, 1.165) is 5.69 Å². The van der Waals surface area contributed by atoms with Crippen molar-refractivity contribution in [2.24, 2.45) is 0 Å². The van der Waals surface area contributed by atoms with Crippen molar-refractivity contribution in [3.05, 3.63) is 78.0 Å². The minimum Gasteiger partial charge on any atom is -0.256 e. The minimum absolute atomic E-state index is 0.142. The third-order valence-corrected chi connectivity index (χ3v) is 4.92. The predicted molar refractivity (Wildman–Crippen MR) is 108 cm³/mol. The van der Waals surface area contributed by atoms with Crippen LogP contribution in [0.3, 0.4) is 0 Å². The molecule has 0 atom stereocenters. The van der Waals surface area contributed by atoms with Gasteiger partial charge in [-0.25, -0.2) is 0 Å². The van der Waals surface area contributed by atoms with Gasteiger partial charge in [0, 0.05) is 17.1 Å². The van der Waals surface area contributed by atoms with E-state index in [4.69, 9.17) is 4.98 Å². The zero-order valence-corrected chi connectivity index (χ0v) is 15.3. The van der Waals surface area contributed by atoms with Gasteiger partial charge in [0.05, 0.1) is 5.69 Å². The van der Waals surface area contributed by atoms with Crippen molar-refractivity contribution in [2.75, 3.05) is 0 Å². The maximum atomic E-state index is 4.70. The van der Waals surface area contributed by atoms with Gasteiger partial charge in [-0.3, -0.25) is 4.98 Å². The van der Waals surface area contributed by atoms with Crippen molar-refractivity contribution >= 4 is 21.5 Å². The summed E-state index contributed by atoms with van der Waals surface area (Å²) in [5, 5.41) is 5.07. The highest BCUT2D eigenvalue weighted by Crippen LogP contribution is 2.34. The molecule has 1 nitrogen and oxygen atoms in total. The van der Waals surface area contributed by atoms with E-state index in [1.807, 2.05) is 6.20 Å².